The van der Waals surface area contributed by atoms with Gasteiger partial charge < -0.3 is 4.18 Å². The molecule has 0 amide bonds. The summed E-state index contributed by atoms with van der Waals surface area (Å²) < 4.78 is 6.34. The third-order valence-corrected chi connectivity index (χ3v) is 8.19. The summed E-state index contributed by atoms with van der Waals surface area (Å²) in [7, 11) is -2.19. The Bertz CT molecular complexity index is 1050. The van der Waals surface area contributed by atoms with Crippen LogP contribution in [0, 0.1) is 0 Å². The van der Waals surface area contributed by atoms with E-state index in [2.05, 4.69) is 60.7 Å². The Hall–Kier alpha value is -3.30. The number of benzene rings is 4. The average molecular weight is 413 g/mol. The second-order valence-corrected chi connectivity index (χ2v) is 9.57. The molecule has 0 radical (unpaired) electrons. The zero-order chi connectivity index (χ0) is 20.8. The average Bonchev–Trinajstić information content (AvgIpc) is 2.84. The molecule has 0 aromatic heterocycles. The third-order valence-electron chi connectivity index (χ3n) is 4.95. The standard InChI is InChI=1S/C27H24O2S/c1-2-27(28)29-30(24-14-8-4-9-15-24,25-16-10-5-11-17-25)26-20-18-23(19-21-26)22-12-6-3-7-13-22/h3-21H,2H2,1H3. The SMILES string of the molecule is CCC(=O)OS(c1ccccc1)(c1ccccc1)c1ccc(-c2ccccc2)cc1. The first kappa shape index (κ1) is 20.0. The molecule has 3 heteroatoms. The van der Waals surface area contributed by atoms with Crippen LogP contribution < -0.4 is 0 Å². The Morgan fingerprint density at radius 1 is 0.600 bits per heavy atom. The number of carbonyl (C=O) groups is 1. The van der Waals surface area contributed by atoms with Crippen molar-refractivity contribution in [3.8, 4) is 11.1 Å². The normalized spacial score (nSPS) is 11.6. The second kappa shape index (κ2) is 9.02. The number of carbonyl (C=O) groups excluding carboxylic acids is 1. The second-order valence-electron chi connectivity index (χ2n) is 6.88. The molecule has 30 heavy (non-hydrogen) atoms. The lowest BCUT2D eigenvalue weighted by atomic mass is 10.1. The molecule has 0 aliphatic carbocycles. The van der Waals surface area contributed by atoms with E-state index in [4.69, 9.17) is 4.18 Å². The Labute approximate surface area is 179 Å². The molecule has 150 valence electrons. The zero-order valence-electron chi connectivity index (χ0n) is 16.9. The molecule has 0 unspecified atom stereocenters. The van der Waals surface area contributed by atoms with Crippen molar-refractivity contribution in [2.75, 3.05) is 0 Å². The minimum Gasteiger partial charge on any atom is -0.402 e. The minimum atomic E-state index is -2.19. The van der Waals surface area contributed by atoms with E-state index in [1.165, 1.54) is 0 Å². The fourth-order valence-corrected chi connectivity index (χ4v) is 6.55. The molecule has 0 aliphatic heterocycles. The van der Waals surface area contributed by atoms with Gasteiger partial charge in [-0.15, -0.1) is 0 Å². The molecule has 0 heterocycles. The summed E-state index contributed by atoms with van der Waals surface area (Å²) in [6.45, 7) is 1.83. The summed E-state index contributed by atoms with van der Waals surface area (Å²) in [5.41, 5.74) is 2.30. The van der Waals surface area contributed by atoms with E-state index in [0.29, 0.717) is 6.42 Å². The van der Waals surface area contributed by atoms with E-state index in [9.17, 15) is 4.79 Å². The fourth-order valence-electron chi connectivity index (χ4n) is 3.44. The van der Waals surface area contributed by atoms with Crippen LogP contribution in [-0.4, -0.2) is 5.97 Å². The first-order valence-corrected chi connectivity index (χ1v) is 11.6. The summed E-state index contributed by atoms with van der Waals surface area (Å²) in [4.78, 5) is 15.6. The predicted octanol–water partition coefficient (Wildman–Crippen LogP) is 7.50. The molecular weight excluding hydrogens is 388 g/mol. The van der Waals surface area contributed by atoms with Gasteiger partial charge in [-0.2, -0.15) is 0 Å². The van der Waals surface area contributed by atoms with Gasteiger partial charge in [0.25, 0.3) is 0 Å². The summed E-state index contributed by atoms with van der Waals surface area (Å²) in [5.74, 6) is -0.204. The molecular formula is C27H24O2S. The maximum Gasteiger partial charge on any atom is 0.316 e. The van der Waals surface area contributed by atoms with Crippen molar-refractivity contribution in [3.63, 3.8) is 0 Å². The number of hydrogen-bond acceptors (Lipinski definition) is 2. The smallest absolute Gasteiger partial charge is 0.316 e. The van der Waals surface area contributed by atoms with Crippen LogP contribution in [-0.2, 0) is 8.98 Å². The first-order chi connectivity index (χ1) is 14.7. The van der Waals surface area contributed by atoms with E-state index in [1.807, 2.05) is 61.5 Å². The summed E-state index contributed by atoms with van der Waals surface area (Å²) in [5, 5.41) is 0. The van der Waals surface area contributed by atoms with Gasteiger partial charge >= 0.3 is 5.97 Å². The van der Waals surface area contributed by atoms with E-state index in [-0.39, 0.29) is 5.97 Å². The highest BCUT2D eigenvalue weighted by Crippen LogP contribution is 2.69. The molecule has 4 rings (SSSR count). The molecule has 0 atom stereocenters. The predicted molar refractivity (Wildman–Crippen MR) is 124 cm³/mol. The van der Waals surface area contributed by atoms with Crippen molar-refractivity contribution < 1.29 is 8.98 Å². The van der Waals surface area contributed by atoms with Gasteiger partial charge in [-0.05, 0) is 57.8 Å². The van der Waals surface area contributed by atoms with Gasteiger partial charge in [-0.25, -0.2) is 0 Å². The van der Waals surface area contributed by atoms with Crippen LogP contribution in [0.4, 0.5) is 0 Å². The lowest BCUT2D eigenvalue weighted by Crippen LogP contribution is -2.12. The molecule has 4 aromatic carbocycles. The molecule has 0 fully saturated rings. The largest absolute Gasteiger partial charge is 0.402 e. The molecule has 2 nitrogen and oxygen atoms in total. The van der Waals surface area contributed by atoms with Crippen molar-refractivity contribution in [2.24, 2.45) is 0 Å². The Morgan fingerprint density at radius 3 is 1.47 bits per heavy atom. The highest BCUT2D eigenvalue weighted by atomic mass is 32.3. The van der Waals surface area contributed by atoms with E-state index >= 15 is 0 Å². The van der Waals surface area contributed by atoms with Crippen molar-refractivity contribution in [1.29, 1.82) is 0 Å². The van der Waals surface area contributed by atoms with E-state index < -0.39 is 10.3 Å². The van der Waals surface area contributed by atoms with Gasteiger partial charge in [0.1, 0.15) is 0 Å². The lowest BCUT2D eigenvalue weighted by molar-refractivity contribution is -0.133. The molecule has 0 saturated heterocycles. The summed E-state index contributed by atoms with van der Waals surface area (Å²) >= 11 is 0. The minimum absolute atomic E-state index is 0.204. The third kappa shape index (κ3) is 3.89. The highest BCUT2D eigenvalue weighted by molar-refractivity contribution is 8.30. The molecule has 4 aromatic rings. The topological polar surface area (TPSA) is 26.3 Å². The van der Waals surface area contributed by atoms with Gasteiger partial charge in [-0.1, -0.05) is 85.8 Å². The molecule has 0 saturated carbocycles. The van der Waals surface area contributed by atoms with Crippen molar-refractivity contribution in [1.82, 2.24) is 0 Å². The highest BCUT2D eigenvalue weighted by Gasteiger charge is 2.35. The monoisotopic (exact) mass is 412 g/mol. The molecule has 0 aliphatic rings. The lowest BCUT2D eigenvalue weighted by Gasteiger charge is -2.39. The maximum atomic E-state index is 12.6. The fraction of sp³-hybridized carbons (Fsp3) is 0.0741. The first-order valence-electron chi connectivity index (χ1n) is 10.1. The van der Waals surface area contributed by atoms with Crippen LogP contribution in [0.1, 0.15) is 13.3 Å². The van der Waals surface area contributed by atoms with E-state index in [0.717, 1.165) is 25.8 Å². The van der Waals surface area contributed by atoms with Gasteiger partial charge in [0.05, 0.1) is 0 Å². The van der Waals surface area contributed by atoms with E-state index in [1.54, 1.807) is 0 Å². The maximum absolute atomic E-state index is 12.6. The number of hydrogen-bond donors (Lipinski definition) is 0. The van der Waals surface area contributed by atoms with Gasteiger partial charge in [-0.3, -0.25) is 4.79 Å². The van der Waals surface area contributed by atoms with Crippen LogP contribution >= 0.6 is 10.3 Å². The molecule has 0 spiro atoms. The van der Waals surface area contributed by atoms with Crippen LogP contribution in [0.15, 0.2) is 130 Å². The summed E-state index contributed by atoms with van der Waals surface area (Å²) in [6, 6.07) is 38.9. The van der Waals surface area contributed by atoms with Crippen LogP contribution in [0.3, 0.4) is 0 Å². The van der Waals surface area contributed by atoms with Gasteiger partial charge in [0, 0.05) is 21.1 Å². The van der Waals surface area contributed by atoms with Gasteiger partial charge in [0.15, 0.2) is 0 Å². The Balaban J connectivity index is 1.91. The number of rotatable bonds is 6. The molecule has 0 N–H and O–H groups in total. The quantitative estimate of drug-likeness (QED) is 0.328. The van der Waals surface area contributed by atoms with Crippen molar-refractivity contribution >= 4 is 16.3 Å². The molecule has 0 bridgehead atoms. The Morgan fingerprint density at radius 2 is 1.00 bits per heavy atom. The summed E-state index contributed by atoms with van der Waals surface area (Å²) in [6.07, 6.45) is 0.330. The van der Waals surface area contributed by atoms with Crippen molar-refractivity contribution in [2.45, 2.75) is 28.0 Å². The van der Waals surface area contributed by atoms with Crippen LogP contribution in [0.2, 0.25) is 0 Å². The van der Waals surface area contributed by atoms with Crippen LogP contribution in [0.5, 0.6) is 0 Å². The van der Waals surface area contributed by atoms with Gasteiger partial charge in [0.2, 0.25) is 0 Å². The Kier molecular flexibility index (Phi) is 6.01. The zero-order valence-corrected chi connectivity index (χ0v) is 17.7. The van der Waals surface area contributed by atoms with Crippen LogP contribution in [0.25, 0.3) is 11.1 Å². The van der Waals surface area contributed by atoms with Crippen molar-refractivity contribution in [3.05, 3.63) is 115 Å².